The second-order valence-corrected chi connectivity index (χ2v) is 25.6. The zero-order valence-electron chi connectivity index (χ0n) is 57.8. The number of quaternary nitrogens is 2. The van der Waals surface area contributed by atoms with E-state index in [1.165, 1.54) is 51.4 Å². The molecule has 0 radical (unpaired) electrons. The van der Waals surface area contributed by atoms with Crippen molar-refractivity contribution >= 4 is 22.3 Å². The molecule has 0 aliphatic carbocycles. The fourth-order valence-electron chi connectivity index (χ4n) is 13.9. The Hall–Kier alpha value is -7.44. The number of nitrogens with one attached hydrogen (secondary N) is 4. The van der Waals surface area contributed by atoms with E-state index < -0.39 is 0 Å². The molecule has 8 bridgehead atoms. The molecule has 0 spiro atoms. The van der Waals surface area contributed by atoms with Crippen LogP contribution in [0.5, 0.6) is 23.0 Å². The van der Waals surface area contributed by atoms with E-state index in [1.807, 2.05) is 0 Å². The van der Waals surface area contributed by atoms with Crippen LogP contribution < -0.4 is 40.3 Å². The van der Waals surface area contributed by atoms with Gasteiger partial charge in [0.05, 0.1) is 78.8 Å². The van der Waals surface area contributed by atoms with Gasteiger partial charge in [0, 0.05) is 85.3 Å². The molecule has 0 saturated carbocycles. The van der Waals surface area contributed by atoms with Gasteiger partial charge in [-0.3, -0.25) is 0 Å². The minimum absolute atomic E-state index is 0.445. The molecule has 1 unspecified atom stereocenters. The van der Waals surface area contributed by atoms with Gasteiger partial charge in [0.2, 0.25) is 0 Å². The van der Waals surface area contributed by atoms with Crippen LogP contribution in [0.4, 0.5) is 0 Å². The van der Waals surface area contributed by atoms with Gasteiger partial charge in [0.15, 0.2) is 0 Å². The molecule has 1 aliphatic heterocycles. The lowest BCUT2D eigenvalue weighted by atomic mass is 10.0. The number of aromatic amines is 4. The van der Waals surface area contributed by atoms with Gasteiger partial charge < -0.3 is 52.7 Å². The number of H-pyrrole nitrogens is 4. The van der Waals surface area contributed by atoms with Gasteiger partial charge in [-0.1, -0.05) is 121 Å². The summed E-state index contributed by atoms with van der Waals surface area (Å²) in [6.45, 7) is 36.7. The predicted octanol–water partition coefficient (Wildman–Crippen LogP) is 15.0. The van der Waals surface area contributed by atoms with Crippen molar-refractivity contribution in [1.29, 1.82) is 0 Å². The normalized spacial score (nSPS) is 13.1. The van der Waals surface area contributed by atoms with Crippen molar-refractivity contribution in [2.75, 3.05) is 91.9 Å². The number of benzene rings is 4. The molecule has 11 heteroatoms. The third kappa shape index (κ3) is 17.6. The summed E-state index contributed by atoms with van der Waals surface area (Å²) in [5.74, 6) is 3.50. The molecule has 0 amide bonds. The molecule has 9 rings (SSSR count). The van der Waals surface area contributed by atoms with E-state index in [9.17, 15) is 0 Å². The molecule has 5 heterocycles. The molecule has 492 valence electrons. The van der Waals surface area contributed by atoms with Crippen LogP contribution in [0.15, 0.2) is 146 Å². The third-order valence-electron chi connectivity index (χ3n) is 20.3. The van der Waals surface area contributed by atoms with Crippen LogP contribution in [0.3, 0.4) is 0 Å². The average Bonchev–Trinajstić information content (AvgIpc) is 1.64. The lowest BCUT2D eigenvalue weighted by Crippen LogP contribution is -2.48. The fourth-order valence-corrected chi connectivity index (χ4v) is 13.9. The van der Waals surface area contributed by atoms with Crippen molar-refractivity contribution < 1.29 is 27.9 Å². The molecular formula is C81H111N7O4+2. The second-order valence-electron chi connectivity index (χ2n) is 25.6. The van der Waals surface area contributed by atoms with Crippen molar-refractivity contribution in [3.05, 3.63) is 212 Å². The van der Waals surface area contributed by atoms with Crippen molar-refractivity contribution in [2.45, 2.75) is 152 Å². The Balaban J connectivity index is 1.14. The van der Waals surface area contributed by atoms with Crippen molar-refractivity contribution in [3.63, 3.8) is 0 Å². The van der Waals surface area contributed by atoms with E-state index >= 15 is 0 Å². The minimum Gasteiger partial charge on any atom is -0.494 e. The number of nitrogens with zero attached hydrogens (tertiary/aromatic N) is 3. The van der Waals surface area contributed by atoms with Crippen molar-refractivity contribution in [1.82, 2.24) is 24.8 Å². The minimum atomic E-state index is 0.445. The Morgan fingerprint density at radius 2 is 0.598 bits per heavy atom. The third-order valence-corrected chi connectivity index (χ3v) is 20.3. The highest BCUT2D eigenvalue weighted by atomic mass is 16.5. The topological polar surface area (TPSA) is 103 Å². The van der Waals surface area contributed by atoms with Crippen LogP contribution in [0.25, 0.3) is 22.3 Å². The number of aromatic nitrogens is 4. The SMILES string of the molecule is CCCCCCCCCCCOc1ccc(C2=c3ccc([nH]3)=C(c3ccc(OCCC(C)N(CC)CC)cc3)c3ccc([nH]3)C(c3ccc(OCCC[N+](CC)(CC)CC)cc3)=c3ccc([nH]3)=C(c3ccc(OCCC[N+](CC)(CC)CC)cc3)c3ccc2[nH]3)cc1. The number of hydrogen-bond donors (Lipinski definition) is 4. The van der Waals surface area contributed by atoms with Gasteiger partial charge in [-0.25, -0.2) is 0 Å². The summed E-state index contributed by atoms with van der Waals surface area (Å²) in [6.07, 6.45) is 14.5. The molecule has 4 aromatic carbocycles. The number of unbranched alkanes of at least 4 members (excludes halogenated alkanes) is 8. The zero-order chi connectivity index (χ0) is 64.7. The molecule has 4 N–H and O–H groups in total. The van der Waals surface area contributed by atoms with E-state index in [0.29, 0.717) is 25.9 Å². The molecule has 92 heavy (non-hydrogen) atoms. The largest absolute Gasteiger partial charge is 0.494 e. The fraction of sp³-hybridized carbons (Fsp3) is 0.457. The molecule has 0 fully saturated rings. The lowest BCUT2D eigenvalue weighted by Gasteiger charge is -2.35. The number of rotatable bonds is 38. The standard InChI is InChI=1S/C81H111N7O4/c1-11-20-21-22-23-24-25-26-27-57-89-66-38-30-62(31-39-66)78-70-46-47-72(82-70)79(63-32-40-67(41-33-63)90-58-28-55-87(14-4,15-5)16-6)73-48-49-74(83-73)80(64-34-42-68(43-35-64)91-59-29-56-88(17-7,18-8)19-9)75-51-53-77(85-75)81(76-52-50-71(78)84-76)65-36-44-69(45-37-65)92-60-54-61(10)86(12-2)13-3/h30-53,61,82-85H,11-29,54-60H2,1-10H3/q+2. The maximum absolute atomic E-state index is 6.47. The smallest absolute Gasteiger partial charge is 0.119 e. The van der Waals surface area contributed by atoms with Crippen LogP contribution in [0.2, 0.25) is 0 Å². The van der Waals surface area contributed by atoms with Crippen LogP contribution in [0.1, 0.15) is 191 Å². The Bertz CT molecular complexity index is 3730. The Morgan fingerprint density at radius 3 is 0.891 bits per heavy atom. The highest BCUT2D eigenvalue weighted by molar-refractivity contribution is 5.85. The second kappa shape index (κ2) is 34.5. The van der Waals surface area contributed by atoms with E-state index in [4.69, 9.17) is 18.9 Å². The summed E-state index contributed by atoms with van der Waals surface area (Å²) >= 11 is 0. The predicted molar refractivity (Wildman–Crippen MR) is 383 cm³/mol. The monoisotopic (exact) mass is 1250 g/mol. The number of fused-ring (bicyclic) bond motifs is 8. The number of ether oxygens (including phenoxy) is 4. The maximum Gasteiger partial charge on any atom is 0.119 e. The van der Waals surface area contributed by atoms with Gasteiger partial charge in [-0.15, -0.1) is 0 Å². The summed E-state index contributed by atoms with van der Waals surface area (Å²) in [5, 5.41) is 3.95. The summed E-state index contributed by atoms with van der Waals surface area (Å²) < 4.78 is 28.0. The van der Waals surface area contributed by atoms with Crippen molar-refractivity contribution in [2.24, 2.45) is 0 Å². The summed E-state index contributed by atoms with van der Waals surface area (Å²) in [4.78, 5) is 18.5. The first-order chi connectivity index (χ1) is 45.0. The van der Waals surface area contributed by atoms with Crippen LogP contribution in [0, 0.1) is 0 Å². The van der Waals surface area contributed by atoms with E-state index in [0.717, 1.165) is 218 Å². The molecule has 0 saturated heterocycles. The molecule has 4 aromatic heterocycles. The van der Waals surface area contributed by atoms with Gasteiger partial charge in [0.1, 0.15) is 23.0 Å². The molecule has 1 atom stereocenters. The summed E-state index contributed by atoms with van der Waals surface area (Å²) in [5.41, 5.74) is 12.4. The van der Waals surface area contributed by atoms with Gasteiger partial charge in [-0.2, -0.15) is 0 Å². The van der Waals surface area contributed by atoms with Crippen LogP contribution >= 0.6 is 0 Å². The highest BCUT2D eigenvalue weighted by Gasteiger charge is 2.23. The van der Waals surface area contributed by atoms with Gasteiger partial charge in [-0.05, 0) is 194 Å². The van der Waals surface area contributed by atoms with E-state index in [2.05, 4.69) is 240 Å². The Labute approximate surface area is 551 Å². The quantitative estimate of drug-likeness (QED) is 0.0228. The summed E-state index contributed by atoms with van der Waals surface area (Å²) in [7, 11) is 0. The molecular weight excluding hydrogens is 1130 g/mol. The van der Waals surface area contributed by atoms with Gasteiger partial charge >= 0.3 is 0 Å². The maximum atomic E-state index is 6.47. The highest BCUT2D eigenvalue weighted by Crippen LogP contribution is 2.31. The van der Waals surface area contributed by atoms with E-state index in [1.54, 1.807) is 0 Å². The van der Waals surface area contributed by atoms with Crippen LogP contribution in [-0.2, 0) is 0 Å². The Morgan fingerprint density at radius 1 is 0.315 bits per heavy atom. The average molecular weight is 1250 g/mol. The molecule has 8 aromatic rings. The first kappa shape index (κ1) is 68.9. The molecule has 11 nitrogen and oxygen atoms in total. The van der Waals surface area contributed by atoms with Gasteiger partial charge in [0.25, 0.3) is 0 Å². The first-order valence-corrected chi connectivity index (χ1v) is 35.7. The van der Waals surface area contributed by atoms with Crippen molar-refractivity contribution in [3.8, 4) is 23.0 Å². The summed E-state index contributed by atoms with van der Waals surface area (Å²) in [6, 6.07) is 53.0. The number of hydrogen-bond acceptors (Lipinski definition) is 5. The van der Waals surface area contributed by atoms with Crippen LogP contribution in [-0.4, -0.2) is 132 Å². The lowest BCUT2D eigenvalue weighted by molar-refractivity contribution is -0.923. The molecule has 1 aliphatic rings. The Kier molecular flexibility index (Phi) is 25.8. The zero-order valence-corrected chi connectivity index (χ0v) is 57.8. The first-order valence-electron chi connectivity index (χ1n) is 35.7. The van der Waals surface area contributed by atoms with E-state index in [-0.39, 0.29) is 0 Å².